The summed E-state index contributed by atoms with van der Waals surface area (Å²) in [6.45, 7) is 8.04. The van der Waals surface area contributed by atoms with Crippen LogP contribution < -0.4 is 0 Å². The van der Waals surface area contributed by atoms with Gasteiger partial charge in [0.2, 0.25) is 0 Å². The number of allylic oxidation sites excluding steroid dienone is 3. The van der Waals surface area contributed by atoms with E-state index in [9.17, 15) is 10.5 Å². The van der Waals surface area contributed by atoms with E-state index in [2.05, 4.69) is 62.6 Å². The molecule has 0 aliphatic heterocycles. The summed E-state index contributed by atoms with van der Waals surface area (Å²) in [7, 11) is 0. The monoisotopic (exact) mass is 316 g/mol. The van der Waals surface area contributed by atoms with E-state index in [1.165, 1.54) is 5.56 Å². The highest BCUT2D eigenvalue weighted by atomic mass is 14.4. The van der Waals surface area contributed by atoms with Gasteiger partial charge in [-0.05, 0) is 60.1 Å². The molecule has 0 N–H and O–H groups in total. The molecule has 1 fully saturated rings. The molecule has 0 saturated heterocycles. The first-order chi connectivity index (χ1) is 11.7. The second-order valence-corrected chi connectivity index (χ2v) is 6.37. The lowest BCUT2D eigenvalue weighted by atomic mass is 9.61. The molecule has 2 heteroatoms. The van der Waals surface area contributed by atoms with Crippen molar-refractivity contribution >= 4 is 0 Å². The van der Waals surface area contributed by atoms with Crippen molar-refractivity contribution in [2.45, 2.75) is 39.0 Å². The molecule has 1 aliphatic carbocycles. The van der Waals surface area contributed by atoms with Crippen LogP contribution in [0.4, 0.5) is 0 Å². The van der Waals surface area contributed by atoms with Gasteiger partial charge in [0, 0.05) is 0 Å². The van der Waals surface area contributed by atoms with Gasteiger partial charge in [-0.1, -0.05) is 50.8 Å². The third-order valence-electron chi connectivity index (χ3n) is 5.28. The molecular formula is C22H24N2. The molecule has 1 aromatic carbocycles. The highest BCUT2D eigenvalue weighted by Gasteiger charge is 2.40. The summed E-state index contributed by atoms with van der Waals surface area (Å²) in [5.74, 6) is 1.05. The van der Waals surface area contributed by atoms with E-state index in [0.29, 0.717) is 11.5 Å². The number of nitriles is 2. The maximum Gasteiger partial charge on any atom is 0.129 e. The highest BCUT2D eigenvalue weighted by molar-refractivity contribution is 5.45. The van der Waals surface area contributed by atoms with Crippen LogP contribution in [-0.2, 0) is 0 Å². The fourth-order valence-corrected chi connectivity index (χ4v) is 4.30. The minimum absolute atomic E-state index is 0.221. The lowest BCUT2D eigenvalue weighted by Crippen LogP contribution is -2.33. The van der Waals surface area contributed by atoms with Crippen LogP contribution in [0.15, 0.2) is 59.9 Å². The first-order valence-electron chi connectivity index (χ1n) is 8.66. The summed E-state index contributed by atoms with van der Waals surface area (Å²) in [5, 5.41) is 19.0. The Bertz CT molecular complexity index is 707. The van der Waals surface area contributed by atoms with Gasteiger partial charge in [-0.15, -0.1) is 5.73 Å². The Kier molecular flexibility index (Phi) is 6.20. The van der Waals surface area contributed by atoms with Crippen LogP contribution >= 0.6 is 0 Å². The standard InChI is InChI=1S/C22H24N2/c1-4-10-17-13-21(16-11-8-7-9-12-16)20(6-3)22(19(17)5-2)18(14-23)15-24/h7-12,17,19-21H,1,5-6,13H2,2-3H3. The van der Waals surface area contributed by atoms with Crippen molar-refractivity contribution in [3.05, 3.63) is 65.4 Å². The topological polar surface area (TPSA) is 47.6 Å². The number of rotatable bonds is 4. The number of nitrogens with zero attached hydrogens (tertiary/aromatic N) is 2. The molecule has 0 spiro atoms. The Balaban J connectivity index is 2.64. The van der Waals surface area contributed by atoms with Crippen LogP contribution in [-0.4, -0.2) is 0 Å². The maximum absolute atomic E-state index is 9.51. The SMILES string of the molecule is C=C=CC1CC(c2ccccc2)C(CC)C(=C(C#N)C#N)C1CC. The van der Waals surface area contributed by atoms with E-state index in [0.717, 1.165) is 24.8 Å². The molecule has 0 bridgehead atoms. The number of hydrogen-bond acceptors (Lipinski definition) is 2. The van der Waals surface area contributed by atoms with Gasteiger partial charge in [-0.3, -0.25) is 0 Å². The molecule has 0 amide bonds. The molecule has 2 nitrogen and oxygen atoms in total. The van der Waals surface area contributed by atoms with Gasteiger partial charge in [-0.2, -0.15) is 10.5 Å². The summed E-state index contributed by atoms with van der Waals surface area (Å²) in [4.78, 5) is 0. The quantitative estimate of drug-likeness (QED) is 0.542. The minimum Gasteiger partial charge on any atom is -0.192 e. The van der Waals surface area contributed by atoms with Gasteiger partial charge in [-0.25, -0.2) is 0 Å². The maximum atomic E-state index is 9.51. The van der Waals surface area contributed by atoms with Crippen molar-refractivity contribution in [3.8, 4) is 12.1 Å². The Morgan fingerprint density at radius 2 is 1.75 bits per heavy atom. The third kappa shape index (κ3) is 3.35. The first kappa shape index (κ1) is 17.8. The molecule has 1 aromatic rings. The minimum atomic E-state index is 0.221. The summed E-state index contributed by atoms with van der Waals surface area (Å²) in [6.07, 6.45) is 4.89. The molecule has 24 heavy (non-hydrogen) atoms. The summed E-state index contributed by atoms with van der Waals surface area (Å²) < 4.78 is 0. The van der Waals surface area contributed by atoms with Gasteiger partial charge in [0.25, 0.3) is 0 Å². The van der Waals surface area contributed by atoms with E-state index in [1.807, 2.05) is 12.1 Å². The molecule has 4 unspecified atom stereocenters. The van der Waals surface area contributed by atoms with Gasteiger partial charge in [0.05, 0.1) is 0 Å². The molecule has 2 rings (SSSR count). The zero-order valence-corrected chi connectivity index (χ0v) is 14.5. The second kappa shape index (κ2) is 8.35. The third-order valence-corrected chi connectivity index (χ3v) is 5.28. The van der Waals surface area contributed by atoms with Gasteiger partial charge in [0.15, 0.2) is 0 Å². The fourth-order valence-electron chi connectivity index (χ4n) is 4.30. The van der Waals surface area contributed by atoms with Gasteiger partial charge >= 0.3 is 0 Å². The summed E-state index contributed by atoms with van der Waals surface area (Å²) >= 11 is 0. The average molecular weight is 316 g/mol. The van der Waals surface area contributed by atoms with Crippen molar-refractivity contribution in [2.24, 2.45) is 17.8 Å². The molecule has 0 aromatic heterocycles. The Morgan fingerprint density at radius 1 is 1.12 bits per heavy atom. The number of benzene rings is 1. The second-order valence-electron chi connectivity index (χ2n) is 6.37. The Labute approximate surface area is 145 Å². The Morgan fingerprint density at radius 3 is 2.25 bits per heavy atom. The molecule has 0 heterocycles. The fraction of sp³-hybridized carbons (Fsp3) is 0.409. The first-order valence-corrected chi connectivity index (χ1v) is 8.66. The zero-order chi connectivity index (χ0) is 17.5. The van der Waals surface area contributed by atoms with Crippen molar-refractivity contribution in [3.63, 3.8) is 0 Å². The molecule has 0 radical (unpaired) electrons. The van der Waals surface area contributed by atoms with Gasteiger partial charge in [0.1, 0.15) is 17.7 Å². The predicted molar refractivity (Wildman–Crippen MR) is 96.8 cm³/mol. The summed E-state index contributed by atoms with van der Waals surface area (Å²) in [5.41, 5.74) is 5.57. The molecular weight excluding hydrogens is 292 g/mol. The Hall–Kier alpha value is -2.54. The van der Waals surface area contributed by atoms with E-state index in [-0.39, 0.29) is 17.8 Å². The lowest BCUT2D eigenvalue weighted by molar-refractivity contribution is 0.253. The van der Waals surface area contributed by atoms with E-state index in [4.69, 9.17) is 0 Å². The van der Waals surface area contributed by atoms with Crippen LogP contribution in [0.2, 0.25) is 0 Å². The highest BCUT2D eigenvalue weighted by Crippen LogP contribution is 2.50. The smallest absolute Gasteiger partial charge is 0.129 e. The van der Waals surface area contributed by atoms with Crippen LogP contribution in [0.1, 0.15) is 44.6 Å². The average Bonchev–Trinajstić information content (AvgIpc) is 2.63. The van der Waals surface area contributed by atoms with Crippen LogP contribution in [0.25, 0.3) is 0 Å². The zero-order valence-electron chi connectivity index (χ0n) is 14.5. The van der Waals surface area contributed by atoms with Crippen LogP contribution in [0, 0.1) is 40.4 Å². The van der Waals surface area contributed by atoms with Gasteiger partial charge < -0.3 is 0 Å². The summed E-state index contributed by atoms with van der Waals surface area (Å²) in [6, 6.07) is 14.8. The molecule has 4 atom stereocenters. The van der Waals surface area contributed by atoms with Crippen molar-refractivity contribution < 1.29 is 0 Å². The lowest BCUT2D eigenvalue weighted by Gasteiger charge is -2.42. The normalized spacial score (nSPS) is 25.9. The number of hydrogen-bond donors (Lipinski definition) is 0. The van der Waals surface area contributed by atoms with E-state index >= 15 is 0 Å². The molecule has 122 valence electrons. The van der Waals surface area contributed by atoms with E-state index < -0.39 is 0 Å². The van der Waals surface area contributed by atoms with Crippen molar-refractivity contribution in [1.29, 1.82) is 10.5 Å². The van der Waals surface area contributed by atoms with E-state index in [1.54, 1.807) is 0 Å². The van der Waals surface area contributed by atoms with Crippen LogP contribution in [0.3, 0.4) is 0 Å². The molecule has 1 saturated carbocycles. The van der Waals surface area contributed by atoms with Crippen LogP contribution in [0.5, 0.6) is 0 Å². The largest absolute Gasteiger partial charge is 0.192 e. The van der Waals surface area contributed by atoms with Crippen molar-refractivity contribution in [2.75, 3.05) is 0 Å². The predicted octanol–water partition coefficient (Wildman–Crippen LogP) is 5.53. The molecule has 1 aliphatic rings. The van der Waals surface area contributed by atoms with Crippen molar-refractivity contribution in [1.82, 2.24) is 0 Å².